The maximum atomic E-state index is 5.37. The van der Waals surface area contributed by atoms with Crippen LogP contribution in [0.1, 0.15) is 25.7 Å². The number of rotatable bonds is 4. The first kappa shape index (κ1) is 10.9. The van der Waals surface area contributed by atoms with Crippen LogP contribution in [0.3, 0.4) is 0 Å². The van der Waals surface area contributed by atoms with E-state index < -0.39 is 0 Å². The summed E-state index contributed by atoms with van der Waals surface area (Å²) in [5.74, 6) is 0. The minimum atomic E-state index is 0.0409. The lowest BCUT2D eigenvalue weighted by molar-refractivity contribution is 0.0600. The third kappa shape index (κ3) is 1.88. The fourth-order valence-electron chi connectivity index (χ4n) is 2.87. The van der Waals surface area contributed by atoms with Gasteiger partial charge in [-0.25, -0.2) is 0 Å². The zero-order chi connectivity index (χ0) is 10.7. The van der Waals surface area contributed by atoms with Crippen molar-refractivity contribution < 1.29 is 9.47 Å². The molecule has 2 aliphatic carbocycles. The van der Waals surface area contributed by atoms with Gasteiger partial charge < -0.3 is 9.47 Å². The molecular weight excluding hydrogens is 188 g/mol. The molecule has 0 saturated carbocycles. The van der Waals surface area contributed by atoms with E-state index >= 15 is 0 Å². The molecule has 0 unspecified atom stereocenters. The Morgan fingerprint density at radius 2 is 1.80 bits per heavy atom. The van der Waals surface area contributed by atoms with Gasteiger partial charge in [-0.2, -0.15) is 0 Å². The first-order valence-electron chi connectivity index (χ1n) is 5.72. The molecule has 0 aromatic rings. The van der Waals surface area contributed by atoms with Gasteiger partial charge in [0.05, 0.1) is 18.6 Å². The second-order valence-electron chi connectivity index (χ2n) is 4.57. The van der Waals surface area contributed by atoms with Gasteiger partial charge in [0, 0.05) is 14.2 Å². The fourth-order valence-corrected chi connectivity index (χ4v) is 2.87. The molecule has 0 aliphatic heterocycles. The number of ether oxygens (including phenoxy) is 2. The van der Waals surface area contributed by atoms with E-state index in [0.29, 0.717) is 0 Å². The van der Waals surface area contributed by atoms with Crippen molar-refractivity contribution in [3.05, 3.63) is 23.3 Å². The molecule has 0 atom stereocenters. The number of allylic oxidation sites excluding steroid dienone is 2. The van der Waals surface area contributed by atoms with Gasteiger partial charge in [0.15, 0.2) is 0 Å². The van der Waals surface area contributed by atoms with Gasteiger partial charge in [-0.3, -0.25) is 0 Å². The highest BCUT2D eigenvalue weighted by Crippen LogP contribution is 2.44. The number of methoxy groups -OCH3 is 2. The summed E-state index contributed by atoms with van der Waals surface area (Å²) in [6.07, 6.45) is 9.67. The molecule has 2 nitrogen and oxygen atoms in total. The predicted molar refractivity (Wildman–Crippen MR) is 60.8 cm³/mol. The van der Waals surface area contributed by atoms with Gasteiger partial charge in [-0.05, 0) is 31.3 Å². The van der Waals surface area contributed by atoms with Crippen molar-refractivity contribution in [3.8, 4) is 0 Å². The quantitative estimate of drug-likeness (QED) is 0.707. The highest BCUT2D eigenvalue weighted by Gasteiger charge is 2.37. The monoisotopic (exact) mass is 208 g/mol. The van der Waals surface area contributed by atoms with Crippen LogP contribution in [0.15, 0.2) is 23.3 Å². The molecule has 0 heterocycles. The van der Waals surface area contributed by atoms with E-state index in [1.54, 1.807) is 19.8 Å². The van der Waals surface area contributed by atoms with Crippen LogP contribution in [0.25, 0.3) is 0 Å². The van der Waals surface area contributed by atoms with E-state index in [4.69, 9.17) is 9.47 Å². The Bertz CT molecular complexity index is 283. The lowest BCUT2D eigenvalue weighted by atomic mass is 9.78. The molecule has 0 spiro atoms. The van der Waals surface area contributed by atoms with Crippen LogP contribution in [0.5, 0.6) is 0 Å². The van der Waals surface area contributed by atoms with Crippen molar-refractivity contribution >= 4 is 0 Å². The standard InChI is InChI=1S/C13H20O2/c1-14-9-13(10-15-2)8-7-11-5-3-4-6-12(11)13/h7-8H,3-6,9-10H2,1-2H3. The molecule has 0 aromatic heterocycles. The summed E-state index contributed by atoms with van der Waals surface area (Å²) in [5, 5.41) is 0. The van der Waals surface area contributed by atoms with Gasteiger partial charge in [-0.15, -0.1) is 0 Å². The van der Waals surface area contributed by atoms with Crippen LogP contribution in [0.4, 0.5) is 0 Å². The van der Waals surface area contributed by atoms with Crippen LogP contribution < -0.4 is 0 Å². The molecule has 84 valence electrons. The lowest BCUT2D eigenvalue weighted by Gasteiger charge is -2.32. The van der Waals surface area contributed by atoms with Crippen LogP contribution in [0, 0.1) is 5.41 Å². The Morgan fingerprint density at radius 1 is 1.13 bits per heavy atom. The van der Waals surface area contributed by atoms with Crippen LogP contribution in [-0.4, -0.2) is 27.4 Å². The average Bonchev–Trinajstić information content (AvgIpc) is 2.60. The maximum absolute atomic E-state index is 5.37. The minimum absolute atomic E-state index is 0.0409. The van der Waals surface area contributed by atoms with Crippen molar-refractivity contribution in [2.75, 3.05) is 27.4 Å². The summed E-state index contributed by atoms with van der Waals surface area (Å²) >= 11 is 0. The largest absolute Gasteiger partial charge is 0.383 e. The molecule has 15 heavy (non-hydrogen) atoms. The smallest absolute Gasteiger partial charge is 0.0613 e. The Hall–Kier alpha value is -0.600. The van der Waals surface area contributed by atoms with Gasteiger partial charge in [0.1, 0.15) is 0 Å². The molecule has 0 N–H and O–H groups in total. The molecule has 0 bridgehead atoms. The van der Waals surface area contributed by atoms with Crippen LogP contribution >= 0.6 is 0 Å². The van der Waals surface area contributed by atoms with Crippen LogP contribution in [0.2, 0.25) is 0 Å². The lowest BCUT2D eigenvalue weighted by Crippen LogP contribution is -2.31. The second-order valence-corrected chi connectivity index (χ2v) is 4.57. The van der Waals surface area contributed by atoms with Crippen molar-refractivity contribution in [2.24, 2.45) is 5.41 Å². The number of hydrogen-bond donors (Lipinski definition) is 0. The Kier molecular flexibility index (Phi) is 3.27. The van der Waals surface area contributed by atoms with Crippen LogP contribution in [-0.2, 0) is 9.47 Å². The summed E-state index contributed by atoms with van der Waals surface area (Å²) in [4.78, 5) is 0. The zero-order valence-electron chi connectivity index (χ0n) is 9.71. The topological polar surface area (TPSA) is 18.5 Å². The van der Waals surface area contributed by atoms with Crippen molar-refractivity contribution in [1.29, 1.82) is 0 Å². The van der Waals surface area contributed by atoms with E-state index in [-0.39, 0.29) is 5.41 Å². The summed E-state index contributed by atoms with van der Waals surface area (Å²) < 4.78 is 10.7. The van der Waals surface area contributed by atoms with Gasteiger partial charge in [0.2, 0.25) is 0 Å². The highest BCUT2D eigenvalue weighted by atomic mass is 16.5. The van der Waals surface area contributed by atoms with Gasteiger partial charge in [-0.1, -0.05) is 17.7 Å². The van der Waals surface area contributed by atoms with E-state index in [2.05, 4.69) is 12.2 Å². The van der Waals surface area contributed by atoms with Crippen molar-refractivity contribution in [3.63, 3.8) is 0 Å². The molecule has 2 rings (SSSR count). The summed E-state index contributed by atoms with van der Waals surface area (Å²) in [5.41, 5.74) is 3.15. The molecule has 0 radical (unpaired) electrons. The van der Waals surface area contributed by atoms with Gasteiger partial charge >= 0.3 is 0 Å². The molecule has 2 aliphatic rings. The van der Waals surface area contributed by atoms with E-state index in [1.165, 1.54) is 31.3 Å². The van der Waals surface area contributed by atoms with E-state index in [1.807, 2.05) is 0 Å². The Balaban J connectivity index is 2.25. The molecular formula is C13H20O2. The third-order valence-corrected chi connectivity index (χ3v) is 3.52. The fraction of sp³-hybridized carbons (Fsp3) is 0.692. The van der Waals surface area contributed by atoms with Crippen molar-refractivity contribution in [1.82, 2.24) is 0 Å². The molecule has 0 amide bonds. The first-order valence-corrected chi connectivity index (χ1v) is 5.72. The molecule has 0 fully saturated rings. The Morgan fingerprint density at radius 3 is 2.47 bits per heavy atom. The molecule has 2 heteroatoms. The average molecular weight is 208 g/mol. The first-order chi connectivity index (χ1) is 7.32. The number of hydrogen-bond acceptors (Lipinski definition) is 2. The minimum Gasteiger partial charge on any atom is -0.383 e. The maximum Gasteiger partial charge on any atom is 0.0613 e. The van der Waals surface area contributed by atoms with Gasteiger partial charge in [0.25, 0.3) is 0 Å². The zero-order valence-corrected chi connectivity index (χ0v) is 9.71. The normalized spacial score (nSPS) is 23.3. The second kappa shape index (κ2) is 4.50. The van der Waals surface area contributed by atoms with E-state index in [9.17, 15) is 0 Å². The SMILES string of the molecule is COCC1(COC)C=CC2=C1CCCC2. The third-order valence-electron chi connectivity index (χ3n) is 3.52. The van der Waals surface area contributed by atoms with E-state index in [0.717, 1.165) is 13.2 Å². The van der Waals surface area contributed by atoms with Crippen molar-refractivity contribution in [2.45, 2.75) is 25.7 Å². The molecule has 0 aromatic carbocycles. The summed E-state index contributed by atoms with van der Waals surface area (Å²) in [6.45, 7) is 1.49. The summed E-state index contributed by atoms with van der Waals surface area (Å²) in [7, 11) is 3.54. The highest BCUT2D eigenvalue weighted by molar-refractivity contribution is 5.43. The Labute approximate surface area is 92.0 Å². The molecule has 0 saturated heterocycles. The summed E-state index contributed by atoms with van der Waals surface area (Å²) in [6, 6.07) is 0. The predicted octanol–water partition coefficient (Wildman–Crippen LogP) is 2.71.